The maximum atomic E-state index is 12.1. The number of hydrogen-bond donors (Lipinski definition) is 2. The first-order chi connectivity index (χ1) is 10.5. The molecule has 0 aliphatic carbocycles. The number of aromatic nitrogens is 1. The highest BCUT2D eigenvalue weighted by atomic mass is 32.1. The maximum absolute atomic E-state index is 12.1. The number of carboxylic acids is 1. The number of rotatable bonds is 6. The van der Waals surface area contributed by atoms with E-state index in [1.807, 2.05) is 13.8 Å². The van der Waals surface area contributed by atoms with Gasteiger partial charge in [-0.05, 0) is 31.5 Å². The lowest BCUT2D eigenvalue weighted by Gasteiger charge is -2.10. The summed E-state index contributed by atoms with van der Waals surface area (Å²) < 4.78 is 5.38. The van der Waals surface area contributed by atoms with Gasteiger partial charge in [-0.15, -0.1) is 11.3 Å². The Hall–Kier alpha value is -2.41. The Balaban J connectivity index is 2.08. The molecule has 0 spiro atoms. The van der Waals surface area contributed by atoms with Crippen LogP contribution in [0.4, 0.5) is 5.69 Å². The summed E-state index contributed by atoms with van der Waals surface area (Å²) in [5, 5.41) is 13.1. The summed E-state index contributed by atoms with van der Waals surface area (Å²) in [5.74, 6) is -0.865. The molecule has 2 N–H and O–H groups in total. The van der Waals surface area contributed by atoms with E-state index < -0.39 is 5.97 Å². The smallest absolute Gasteiger partial charge is 0.336 e. The van der Waals surface area contributed by atoms with Gasteiger partial charge >= 0.3 is 5.97 Å². The molecule has 116 valence electrons. The number of carbonyl (C=O) groups excluding carboxylic acids is 1. The number of amides is 1. The van der Waals surface area contributed by atoms with Gasteiger partial charge in [0.2, 0.25) is 11.8 Å². The Morgan fingerprint density at radius 3 is 2.82 bits per heavy atom. The van der Waals surface area contributed by atoms with Crippen LogP contribution in [0, 0.1) is 6.92 Å². The molecule has 0 unspecified atom stereocenters. The number of thiophene rings is 1. The van der Waals surface area contributed by atoms with Crippen LogP contribution in [-0.2, 0) is 11.2 Å². The number of aryl methyl sites for hydroxylation is 1. The van der Waals surface area contributed by atoms with Crippen LogP contribution in [-0.4, -0.2) is 28.6 Å². The second kappa shape index (κ2) is 7.04. The van der Waals surface area contributed by atoms with Crippen molar-refractivity contribution in [3.63, 3.8) is 0 Å². The molecule has 0 radical (unpaired) electrons. The van der Waals surface area contributed by atoms with Gasteiger partial charge in [-0.3, -0.25) is 4.79 Å². The summed E-state index contributed by atoms with van der Waals surface area (Å²) in [7, 11) is 0. The minimum absolute atomic E-state index is 0.109. The predicted molar refractivity (Wildman–Crippen MR) is 83.8 cm³/mol. The standard InChI is InChI=1S/C15H16N2O4S/c1-3-21-14-12(4-9(2)7-16-14)17-13(18)6-11-5-10(8-22-11)15(19)20/h4-5,7-8H,3,6H2,1-2H3,(H,17,18)(H,19,20). The summed E-state index contributed by atoms with van der Waals surface area (Å²) in [4.78, 5) is 27.8. The number of hydrogen-bond acceptors (Lipinski definition) is 5. The van der Waals surface area contributed by atoms with Gasteiger partial charge in [0.05, 0.1) is 18.6 Å². The van der Waals surface area contributed by atoms with Crippen LogP contribution >= 0.6 is 11.3 Å². The van der Waals surface area contributed by atoms with Crippen LogP contribution in [0.15, 0.2) is 23.7 Å². The third kappa shape index (κ3) is 4.05. The Morgan fingerprint density at radius 1 is 1.41 bits per heavy atom. The quantitative estimate of drug-likeness (QED) is 0.854. The third-order valence-corrected chi connectivity index (χ3v) is 3.72. The number of pyridine rings is 1. The molecule has 0 bridgehead atoms. The summed E-state index contributed by atoms with van der Waals surface area (Å²) in [6.45, 7) is 4.16. The topological polar surface area (TPSA) is 88.5 Å². The zero-order chi connectivity index (χ0) is 16.1. The molecular weight excluding hydrogens is 304 g/mol. The molecule has 2 heterocycles. The second-order valence-corrected chi connectivity index (χ2v) is 5.63. The van der Waals surface area contributed by atoms with Crippen molar-refractivity contribution in [1.82, 2.24) is 4.98 Å². The fourth-order valence-corrected chi connectivity index (χ4v) is 2.69. The molecule has 0 saturated heterocycles. The molecule has 2 rings (SSSR count). The third-order valence-electron chi connectivity index (χ3n) is 2.78. The number of ether oxygens (including phenoxy) is 1. The lowest BCUT2D eigenvalue weighted by Crippen LogP contribution is -2.15. The fourth-order valence-electron chi connectivity index (χ4n) is 1.84. The van der Waals surface area contributed by atoms with Crippen molar-refractivity contribution >= 4 is 28.9 Å². The summed E-state index contributed by atoms with van der Waals surface area (Å²) in [6, 6.07) is 3.29. The number of aromatic carboxylic acids is 1. The average molecular weight is 320 g/mol. The zero-order valence-corrected chi connectivity index (χ0v) is 13.1. The number of carbonyl (C=O) groups is 2. The number of anilines is 1. The first-order valence-electron chi connectivity index (χ1n) is 6.69. The molecule has 22 heavy (non-hydrogen) atoms. The zero-order valence-electron chi connectivity index (χ0n) is 12.3. The lowest BCUT2D eigenvalue weighted by molar-refractivity contribution is -0.115. The highest BCUT2D eigenvalue weighted by Gasteiger charge is 2.13. The molecule has 1 amide bonds. The molecule has 0 aromatic carbocycles. The van der Waals surface area contributed by atoms with Crippen LogP contribution in [0.3, 0.4) is 0 Å². The van der Waals surface area contributed by atoms with E-state index in [2.05, 4.69) is 10.3 Å². The van der Waals surface area contributed by atoms with Crippen molar-refractivity contribution in [1.29, 1.82) is 0 Å². The van der Waals surface area contributed by atoms with Crippen molar-refractivity contribution in [2.45, 2.75) is 20.3 Å². The summed E-state index contributed by atoms with van der Waals surface area (Å²) >= 11 is 1.25. The summed E-state index contributed by atoms with van der Waals surface area (Å²) in [5.41, 5.74) is 1.62. The molecule has 0 aliphatic heterocycles. The van der Waals surface area contributed by atoms with Crippen molar-refractivity contribution in [3.8, 4) is 5.88 Å². The van der Waals surface area contributed by atoms with Gasteiger partial charge in [-0.2, -0.15) is 0 Å². The number of carboxylic acid groups (broad SMARTS) is 1. The number of nitrogens with one attached hydrogen (secondary N) is 1. The monoisotopic (exact) mass is 320 g/mol. The van der Waals surface area contributed by atoms with Crippen molar-refractivity contribution < 1.29 is 19.4 Å². The van der Waals surface area contributed by atoms with Crippen LogP contribution in [0.25, 0.3) is 0 Å². The van der Waals surface area contributed by atoms with Crippen LogP contribution in [0.2, 0.25) is 0 Å². The lowest BCUT2D eigenvalue weighted by atomic mass is 10.2. The molecule has 7 heteroatoms. The van der Waals surface area contributed by atoms with E-state index in [0.717, 1.165) is 5.56 Å². The molecule has 6 nitrogen and oxygen atoms in total. The van der Waals surface area contributed by atoms with Crippen LogP contribution in [0.5, 0.6) is 5.88 Å². The molecule has 0 atom stereocenters. The molecule has 0 aliphatic rings. The van der Waals surface area contributed by atoms with Gasteiger partial charge in [-0.25, -0.2) is 9.78 Å². The van der Waals surface area contributed by atoms with E-state index in [1.165, 1.54) is 22.8 Å². The van der Waals surface area contributed by atoms with Crippen LogP contribution < -0.4 is 10.1 Å². The molecule has 0 fully saturated rings. The van der Waals surface area contributed by atoms with Crippen molar-refractivity contribution in [2.24, 2.45) is 0 Å². The second-order valence-electron chi connectivity index (χ2n) is 4.63. The van der Waals surface area contributed by atoms with Gasteiger partial charge in [0.1, 0.15) is 5.69 Å². The van der Waals surface area contributed by atoms with E-state index in [-0.39, 0.29) is 17.9 Å². The van der Waals surface area contributed by atoms with E-state index in [4.69, 9.17) is 9.84 Å². The first kappa shape index (κ1) is 16.0. The first-order valence-corrected chi connectivity index (χ1v) is 7.57. The Morgan fingerprint density at radius 2 is 2.18 bits per heavy atom. The molecular formula is C15H16N2O4S. The van der Waals surface area contributed by atoms with Gasteiger partial charge in [0, 0.05) is 16.5 Å². The Kier molecular flexibility index (Phi) is 5.11. The fraction of sp³-hybridized carbons (Fsp3) is 0.267. The van der Waals surface area contributed by atoms with E-state index in [9.17, 15) is 9.59 Å². The highest BCUT2D eigenvalue weighted by molar-refractivity contribution is 7.10. The van der Waals surface area contributed by atoms with Crippen molar-refractivity contribution in [3.05, 3.63) is 39.7 Å². The van der Waals surface area contributed by atoms with Gasteiger partial charge in [-0.1, -0.05) is 0 Å². The predicted octanol–water partition coefficient (Wildman–Crippen LogP) is 2.73. The average Bonchev–Trinajstić information content (AvgIpc) is 2.90. The van der Waals surface area contributed by atoms with Gasteiger partial charge in [0.25, 0.3) is 0 Å². The van der Waals surface area contributed by atoms with E-state index >= 15 is 0 Å². The Labute approximate surface area is 131 Å². The molecule has 2 aromatic rings. The SMILES string of the molecule is CCOc1ncc(C)cc1NC(=O)Cc1cc(C(=O)O)cs1. The number of nitrogens with zero attached hydrogens (tertiary/aromatic N) is 1. The molecule has 2 aromatic heterocycles. The van der Waals surface area contributed by atoms with E-state index in [0.29, 0.717) is 23.1 Å². The van der Waals surface area contributed by atoms with E-state index in [1.54, 1.807) is 12.3 Å². The van der Waals surface area contributed by atoms with Gasteiger partial charge < -0.3 is 15.2 Å². The normalized spacial score (nSPS) is 10.3. The summed E-state index contributed by atoms with van der Waals surface area (Å²) in [6.07, 6.45) is 1.77. The highest BCUT2D eigenvalue weighted by Crippen LogP contribution is 2.23. The maximum Gasteiger partial charge on any atom is 0.336 e. The van der Waals surface area contributed by atoms with Crippen molar-refractivity contribution in [2.75, 3.05) is 11.9 Å². The Bertz CT molecular complexity index is 697. The minimum Gasteiger partial charge on any atom is -0.478 e. The molecule has 0 saturated carbocycles. The van der Waals surface area contributed by atoms with Crippen LogP contribution in [0.1, 0.15) is 27.7 Å². The largest absolute Gasteiger partial charge is 0.478 e. The minimum atomic E-state index is -0.996. The van der Waals surface area contributed by atoms with Gasteiger partial charge in [0.15, 0.2) is 0 Å².